The Kier molecular flexibility index (Phi) is 3.72. The lowest BCUT2D eigenvalue weighted by atomic mass is 9.71. The van der Waals surface area contributed by atoms with E-state index < -0.39 is 17.4 Å². The maximum absolute atomic E-state index is 11.3. The largest absolute Gasteiger partial charge is 0.480 e. The Morgan fingerprint density at radius 1 is 1.20 bits per heavy atom. The van der Waals surface area contributed by atoms with E-state index >= 15 is 0 Å². The maximum Gasteiger partial charge on any atom is 0.321 e. The average molecular weight is 214 g/mol. The minimum Gasteiger partial charge on any atom is -0.480 e. The highest BCUT2D eigenvalue weighted by atomic mass is 16.4. The van der Waals surface area contributed by atoms with E-state index in [9.17, 15) is 19.8 Å². The molecule has 0 saturated heterocycles. The molecule has 0 unspecified atom stereocenters. The summed E-state index contributed by atoms with van der Waals surface area (Å²) < 4.78 is 0. The van der Waals surface area contributed by atoms with Gasteiger partial charge in [-0.05, 0) is 25.2 Å². The summed E-state index contributed by atoms with van der Waals surface area (Å²) in [5, 5.41) is 18.4. The van der Waals surface area contributed by atoms with Crippen LogP contribution in [0.5, 0.6) is 0 Å². The molecule has 2 N–H and O–H groups in total. The van der Waals surface area contributed by atoms with Gasteiger partial charge in [0, 0.05) is 0 Å². The molecule has 15 heavy (non-hydrogen) atoms. The Bertz CT molecular complexity index is 239. The Morgan fingerprint density at radius 2 is 1.67 bits per heavy atom. The summed E-state index contributed by atoms with van der Waals surface area (Å²) in [5.41, 5.74) is -1.54. The van der Waals surface area contributed by atoms with Gasteiger partial charge in [0.2, 0.25) is 0 Å². The summed E-state index contributed by atoms with van der Waals surface area (Å²) in [4.78, 5) is 22.5. The molecule has 1 rings (SSSR count). The van der Waals surface area contributed by atoms with Crippen LogP contribution < -0.4 is 0 Å². The van der Waals surface area contributed by atoms with E-state index in [0.29, 0.717) is 6.42 Å². The predicted octanol–water partition coefficient (Wildman–Crippen LogP) is 2.13. The van der Waals surface area contributed by atoms with Gasteiger partial charge in [-0.25, -0.2) is 0 Å². The fourth-order valence-electron chi connectivity index (χ4n) is 2.67. The van der Waals surface area contributed by atoms with Gasteiger partial charge < -0.3 is 10.2 Å². The molecule has 0 heterocycles. The number of aliphatic carboxylic acids is 2. The van der Waals surface area contributed by atoms with Gasteiger partial charge in [-0.2, -0.15) is 0 Å². The van der Waals surface area contributed by atoms with Gasteiger partial charge in [-0.1, -0.05) is 26.2 Å². The van der Waals surface area contributed by atoms with Gasteiger partial charge in [0.15, 0.2) is 5.41 Å². The molecule has 0 amide bonds. The highest BCUT2D eigenvalue weighted by molar-refractivity contribution is 5.98. The second-order valence-corrected chi connectivity index (χ2v) is 4.31. The van der Waals surface area contributed by atoms with Crippen LogP contribution >= 0.6 is 0 Å². The Labute approximate surface area is 89.3 Å². The lowest BCUT2D eigenvalue weighted by molar-refractivity contribution is -0.170. The molecule has 4 nitrogen and oxygen atoms in total. The van der Waals surface area contributed by atoms with E-state index in [0.717, 1.165) is 25.7 Å². The van der Waals surface area contributed by atoms with Crippen LogP contribution in [0.2, 0.25) is 0 Å². The molecule has 0 aromatic carbocycles. The fourth-order valence-corrected chi connectivity index (χ4v) is 2.67. The maximum atomic E-state index is 11.3. The van der Waals surface area contributed by atoms with Gasteiger partial charge in [0.1, 0.15) is 0 Å². The van der Waals surface area contributed by atoms with Crippen molar-refractivity contribution in [3.05, 3.63) is 0 Å². The van der Waals surface area contributed by atoms with E-state index in [1.54, 1.807) is 0 Å². The van der Waals surface area contributed by atoms with Crippen molar-refractivity contribution in [1.82, 2.24) is 0 Å². The van der Waals surface area contributed by atoms with Gasteiger partial charge in [0.25, 0.3) is 0 Å². The van der Waals surface area contributed by atoms with Crippen molar-refractivity contribution in [3.8, 4) is 0 Å². The molecule has 0 atom stereocenters. The topological polar surface area (TPSA) is 74.6 Å². The lowest BCUT2D eigenvalue weighted by Gasteiger charge is -2.30. The second-order valence-electron chi connectivity index (χ2n) is 4.31. The molecule has 4 heteroatoms. The quantitative estimate of drug-likeness (QED) is 0.687. The standard InChI is InChI=1S/C11H18O4/c1-2-7-11(9(12)13,10(14)15)8-5-3-4-6-8/h8H,2-7H2,1H3,(H,12,13)(H,14,15). The zero-order valence-electron chi connectivity index (χ0n) is 9.03. The molecular formula is C11H18O4. The highest BCUT2D eigenvalue weighted by Crippen LogP contribution is 2.43. The molecule has 86 valence electrons. The zero-order valence-corrected chi connectivity index (χ0v) is 9.03. The van der Waals surface area contributed by atoms with Crippen molar-refractivity contribution >= 4 is 11.9 Å². The third kappa shape index (κ3) is 1.98. The highest BCUT2D eigenvalue weighted by Gasteiger charge is 2.52. The van der Waals surface area contributed by atoms with Crippen LogP contribution in [0.3, 0.4) is 0 Å². The number of carbonyl (C=O) groups is 2. The van der Waals surface area contributed by atoms with Gasteiger partial charge >= 0.3 is 11.9 Å². The van der Waals surface area contributed by atoms with Crippen LogP contribution in [-0.4, -0.2) is 22.2 Å². The molecule has 1 saturated carbocycles. The van der Waals surface area contributed by atoms with Crippen LogP contribution in [0.15, 0.2) is 0 Å². The second kappa shape index (κ2) is 4.64. The van der Waals surface area contributed by atoms with E-state index in [-0.39, 0.29) is 12.3 Å². The summed E-state index contributed by atoms with van der Waals surface area (Å²) in [6, 6.07) is 0. The third-order valence-corrected chi connectivity index (χ3v) is 3.46. The molecular weight excluding hydrogens is 196 g/mol. The Hall–Kier alpha value is -1.06. The number of hydrogen-bond donors (Lipinski definition) is 2. The third-order valence-electron chi connectivity index (χ3n) is 3.46. The average Bonchev–Trinajstić information content (AvgIpc) is 2.65. The fraction of sp³-hybridized carbons (Fsp3) is 0.818. The van der Waals surface area contributed by atoms with Crippen molar-refractivity contribution in [3.63, 3.8) is 0 Å². The number of hydrogen-bond acceptors (Lipinski definition) is 2. The van der Waals surface area contributed by atoms with E-state index in [4.69, 9.17) is 0 Å². The smallest absolute Gasteiger partial charge is 0.321 e. The minimum absolute atomic E-state index is 0.188. The molecule has 0 bridgehead atoms. The van der Waals surface area contributed by atoms with E-state index in [1.807, 2.05) is 6.92 Å². The minimum atomic E-state index is -1.54. The molecule has 1 aliphatic rings. The van der Waals surface area contributed by atoms with Crippen molar-refractivity contribution in [2.24, 2.45) is 11.3 Å². The summed E-state index contributed by atoms with van der Waals surface area (Å²) >= 11 is 0. The van der Waals surface area contributed by atoms with E-state index in [1.165, 1.54) is 0 Å². The van der Waals surface area contributed by atoms with E-state index in [2.05, 4.69) is 0 Å². The van der Waals surface area contributed by atoms with Crippen molar-refractivity contribution in [1.29, 1.82) is 0 Å². The first-order valence-corrected chi connectivity index (χ1v) is 5.52. The number of carboxylic acids is 2. The van der Waals surface area contributed by atoms with Gasteiger partial charge in [-0.15, -0.1) is 0 Å². The molecule has 0 spiro atoms. The van der Waals surface area contributed by atoms with Crippen LogP contribution in [0.1, 0.15) is 45.4 Å². The summed E-state index contributed by atoms with van der Waals surface area (Å²) in [5.74, 6) is -2.51. The van der Waals surface area contributed by atoms with Crippen LogP contribution in [0.25, 0.3) is 0 Å². The number of rotatable bonds is 5. The first-order chi connectivity index (χ1) is 7.05. The van der Waals surface area contributed by atoms with Crippen LogP contribution in [-0.2, 0) is 9.59 Å². The molecule has 0 aromatic heterocycles. The number of carboxylic acid groups (broad SMARTS) is 2. The molecule has 0 aliphatic heterocycles. The zero-order chi connectivity index (χ0) is 11.5. The van der Waals surface area contributed by atoms with Crippen molar-refractivity contribution in [2.45, 2.75) is 45.4 Å². The summed E-state index contributed by atoms with van der Waals surface area (Å²) in [7, 11) is 0. The molecule has 0 radical (unpaired) electrons. The van der Waals surface area contributed by atoms with Crippen LogP contribution in [0.4, 0.5) is 0 Å². The van der Waals surface area contributed by atoms with Gasteiger partial charge in [0.05, 0.1) is 0 Å². The lowest BCUT2D eigenvalue weighted by Crippen LogP contribution is -2.44. The molecule has 0 aromatic rings. The summed E-state index contributed by atoms with van der Waals surface area (Å²) in [6.45, 7) is 1.83. The molecule has 1 fully saturated rings. The predicted molar refractivity (Wildman–Crippen MR) is 54.6 cm³/mol. The van der Waals surface area contributed by atoms with Crippen molar-refractivity contribution in [2.75, 3.05) is 0 Å². The summed E-state index contributed by atoms with van der Waals surface area (Å²) in [6.07, 6.45) is 4.21. The van der Waals surface area contributed by atoms with Crippen LogP contribution in [0, 0.1) is 11.3 Å². The molecule has 1 aliphatic carbocycles. The monoisotopic (exact) mass is 214 g/mol. The Morgan fingerprint density at radius 3 is 2.00 bits per heavy atom. The Balaban J connectivity index is 3.00. The van der Waals surface area contributed by atoms with Crippen molar-refractivity contribution < 1.29 is 19.8 Å². The first kappa shape index (κ1) is 12.0. The van der Waals surface area contributed by atoms with Gasteiger partial charge in [-0.3, -0.25) is 9.59 Å². The SMILES string of the molecule is CCCC(C(=O)O)(C(=O)O)C1CCCC1. The first-order valence-electron chi connectivity index (χ1n) is 5.52. The normalized spacial score (nSPS) is 17.9.